The van der Waals surface area contributed by atoms with Gasteiger partial charge in [0.05, 0.1) is 10.6 Å². The number of hydrogen-bond donors (Lipinski definition) is 1. The minimum Gasteiger partial charge on any atom is -0.352 e. The third kappa shape index (κ3) is 9.23. The predicted molar refractivity (Wildman–Crippen MR) is 181 cm³/mol. The second-order valence-corrected chi connectivity index (χ2v) is 14.1. The van der Waals surface area contributed by atoms with Crippen LogP contribution >= 0.6 is 34.8 Å². The summed E-state index contributed by atoms with van der Waals surface area (Å²) >= 11 is 18.7. The molecule has 0 heterocycles. The lowest BCUT2D eigenvalue weighted by Crippen LogP contribution is -2.54. The monoisotopic (exact) mass is 685 g/mol. The van der Waals surface area contributed by atoms with Gasteiger partial charge in [-0.05, 0) is 74.4 Å². The predicted octanol–water partition coefficient (Wildman–Crippen LogP) is 7.32. The number of benzene rings is 4. The first kappa shape index (κ1) is 34.3. The Kier molecular flexibility index (Phi) is 11.6. The average molecular weight is 687 g/mol. The highest BCUT2D eigenvalue weighted by Gasteiger charge is 2.35. The third-order valence-corrected chi connectivity index (χ3v) is 9.47. The number of anilines is 1. The Bertz CT molecular complexity index is 1710. The van der Waals surface area contributed by atoms with Gasteiger partial charge in [-0.25, -0.2) is 8.42 Å². The van der Waals surface area contributed by atoms with Crippen molar-refractivity contribution in [3.05, 3.63) is 129 Å². The Morgan fingerprint density at radius 2 is 1.38 bits per heavy atom. The summed E-state index contributed by atoms with van der Waals surface area (Å²) in [4.78, 5) is 29.6. The molecule has 1 atom stereocenters. The van der Waals surface area contributed by atoms with Crippen molar-refractivity contribution in [2.75, 3.05) is 10.8 Å². The first-order valence-electron chi connectivity index (χ1n) is 14.3. The number of carbonyl (C=O) groups is 2. The summed E-state index contributed by atoms with van der Waals surface area (Å²) in [6.45, 7) is 4.91. The molecular weight excluding hydrogens is 653 g/mol. The van der Waals surface area contributed by atoms with Crippen LogP contribution < -0.4 is 9.62 Å². The molecule has 4 rings (SSSR count). The molecular formula is C34H34Cl3N3O4S. The summed E-state index contributed by atoms with van der Waals surface area (Å²) in [7, 11) is -4.28. The maximum atomic E-state index is 14.5. The molecule has 4 aromatic carbocycles. The van der Waals surface area contributed by atoms with Crippen molar-refractivity contribution < 1.29 is 18.0 Å². The lowest BCUT2D eigenvalue weighted by molar-refractivity contribution is -0.140. The average Bonchev–Trinajstić information content (AvgIpc) is 2.98. The molecule has 0 aliphatic heterocycles. The van der Waals surface area contributed by atoms with Crippen LogP contribution in [-0.4, -0.2) is 43.8 Å². The number of sulfonamides is 1. The molecule has 0 saturated carbocycles. The maximum absolute atomic E-state index is 14.5. The molecule has 0 aromatic heterocycles. The molecule has 7 nitrogen and oxygen atoms in total. The molecule has 0 fully saturated rings. The van der Waals surface area contributed by atoms with Crippen LogP contribution in [0.15, 0.2) is 102 Å². The highest BCUT2D eigenvalue weighted by molar-refractivity contribution is 7.92. The van der Waals surface area contributed by atoms with Gasteiger partial charge in [-0.3, -0.25) is 13.9 Å². The van der Waals surface area contributed by atoms with E-state index in [2.05, 4.69) is 5.32 Å². The van der Waals surface area contributed by atoms with Crippen LogP contribution in [-0.2, 0) is 32.6 Å². The molecule has 11 heteroatoms. The Hall–Kier alpha value is -3.56. The van der Waals surface area contributed by atoms with Crippen LogP contribution in [0.3, 0.4) is 0 Å². The van der Waals surface area contributed by atoms with Crippen molar-refractivity contribution in [3.8, 4) is 0 Å². The standard InChI is InChI=1S/C34H34Cl3N3O4S/c1-23(2)38-34(42)32(17-25-7-5-4-6-8-25)39(21-26-11-13-27(35)14-12-26)33(41)22-40(30-19-28(36)18-29(37)20-30)45(43,44)31-15-9-24(3)10-16-31/h4-16,18-20,23,32H,17,21-22H2,1-3H3,(H,38,42)/t32-/m0/s1. The van der Waals surface area contributed by atoms with E-state index in [1.54, 1.807) is 36.4 Å². The minimum absolute atomic E-state index is 0.0142. The van der Waals surface area contributed by atoms with Gasteiger partial charge in [-0.15, -0.1) is 0 Å². The largest absolute Gasteiger partial charge is 0.352 e. The normalized spacial score (nSPS) is 12.1. The Labute approximate surface area is 279 Å². The fourth-order valence-electron chi connectivity index (χ4n) is 4.77. The quantitative estimate of drug-likeness (QED) is 0.169. The van der Waals surface area contributed by atoms with Gasteiger partial charge in [0.2, 0.25) is 11.8 Å². The number of nitrogens with one attached hydrogen (secondary N) is 1. The lowest BCUT2D eigenvalue weighted by Gasteiger charge is -2.34. The number of hydrogen-bond acceptors (Lipinski definition) is 4. The van der Waals surface area contributed by atoms with E-state index in [0.29, 0.717) is 10.6 Å². The Balaban J connectivity index is 1.82. The first-order chi connectivity index (χ1) is 21.3. The van der Waals surface area contributed by atoms with Crippen LogP contribution in [0.5, 0.6) is 0 Å². The van der Waals surface area contributed by atoms with Gasteiger partial charge >= 0.3 is 0 Å². The van der Waals surface area contributed by atoms with Gasteiger partial charge in [0, 0.05) is 34.1 Å². The van der Waals surface area contributed by atoms with Gasteiger partial charge in [0.1, 0.15) is 12.6 Å². The second kappa shape index (κ2) is 15.1. The van der Waals surface area contributed by atoms with Crippen molar-refractivity contribution >= 4 is 62.3 Å². The van der Waals surface area contributed by atoms with Gasteiger partial charge in [-0.2, -0.15) is 0 Å². The van der Waals surface area contributed by atoms with Crippen LogP contribution in [0.25, 0.3) is 0 Å². The molecule has 2 amide bonds. The van der Waals surface area contributed by atoms with Crippen LogP contribution in [0.1, 0.15) is 30.5 Å². The van der Waals surface area contributed by atoms with Crippen molar-refractivity contribution in [3.63, 3.8) is 0 Å². The Morgan fingerprint density at radius 1 is 0.778 bits per heavy atom. The maximum Gasteiger partial charge on any atom is 0.264 e. The molecule has 0 spiro atoms. The van der Waals surface area contributed by atoms with Gasteiger partial charge in [0.15, 0.2) is 0 Å². The zero-order valence-corrected chi connectivity index (χ0v) is 28.2. The van der Waals surface area contributed by atoms with Gasteiger partial charge < -0.3 is 10.2 Å². The number of carbonyl (C=O) groups excluding carboxylic acids is 2. The number of amides is 2. The molecule has 0 radical (unpaired) electrons. The van der Waals surface area contributed by atoms with Crippen molar-refractivity contribution in [1.82, 2.24) is 10.2 Å². The molecule has 0 aliphatic carbocycles. The Morgan fingerprint density at radius 3 is 1.96 bits per heavy atom. The fourth-order valence-corrected chi connectivity index (χ4v) is 6.81. The first-order valence-corrected chi connectivity index (χ1v) is 16.8. The smallest absolute Gasteiger partial charge is 0.264 e. The van der Waals surface area contributed by atoms with Gasteiger partial charge in [-0.1, -0.05) is 95.0 Å². The lowest BCUT2D eigenvalue weighted by atomic mass is 10.0. The third-order valence-electron chi connectivity index (χ3n) is 6.99. The van der Waals surface area contributed by atoms with E-state index in [-0.39, 0.29) is 45.5 Å². The molecule has 0 unspecified atom stereocenters. The SMILES string of the molecule is Cc1ccc(S(=O)(=O)N(CC(=O)N(Cc2ccc(Cl)cc2)[C@@H](Cc2ccccc2)C(=O)NC(C)C)c2cc(Cl)cc(Cl)c2)cc1. The number of nitrogens with zero attached hydrogens (tertiary/aromatic N) is 2. The topological polar surface area (TPSA) is 86.8 Å². The van der Waals surface area contributed by atoms with Crippen molar-refractivity contribution in [2.24, 2.45) is 0 Å². The van der Waals surface area contributed by atoms with E-state index in [9.17, 15) is 18.0 Å². The molecule has 1 N–H and O–H groups in total. The van der Waals surface area contributed by atoms with E-state index in [0.717, 1.165) is 15.4 Å². The van der Waals surface area contributed by atoms with E-state index in [1.807, 2.05) is 51.1 Å². The van der Waals surface area contributed by atoms with Crippen molar-refractivity contribution in [1.29, 1.82) is 0 Å². The molecule has 0 aliphatic rings. The summed E-state index contributed by atoms with van der Waals surface area (Å²) in [6, 6.07) is 25.8. The molecule has 45 heavy (non-hydrogen) atoms. The number of aryl methyl sites for hydroxylation is 1. The number of halogens is 3. The molecule has 0 bridgehead atoms. The summed E-state index contributed by atoms with van der Waals surface area (Å²) in [5, 5.41) is 3.85. The fraction of sp³-hybridized carbons (Fsp3) is 0.235. The second-order valence-electron chi connectivity index (χ2n) is 11.0. The molecule has 4 aromatic rings. The van der Waals surface area contributed by atoms with Crippen molar-refractivity contribution in [2.45, 2.75) is 50.7 Å². The van der Waals surface area contributed by atoms with E-state index in [1.165, 1.54) is 35.2 Å². The summed E-state index contributed by atoms with van der Waals surface area (Å²) in [5.74, 6) is -0.966. The van der Waals surface area contributed by atoms with Crippen LogP contribution in [0, 0.1) is 6.92 Å². The molecule has 0 saturated heterocycles. The number of rotatable bonds is 12. The van der Waals surface area contributed by atoms with E-state index >= 15 is 0 Å². The van der Waals surface area contributed by atoms with Crippen LogP contribution in [0.4, 0.5) is 5.69 Å². The molecule has 236 valence electrons. The van der Waals surface area contributed by atoms with E-state index < -0.39 is 28.5 Å². The zero-order valence-electron chi connectivity index (χ0n) is 25.1. The van der Waals surface area contributed by atoms with E-state index in [4.69, 9.17) is 34.8 Å². The highest BCUT2D eigenvalue weighted by atomic mass is 35.5. The summed E-state index contributed by atoms with van der Waals surface area (Å²) < 4.78 is 29.3. The van der Waals surface area contributed by atoms with Crippen LogP contribution in [0.2, 0.25) is 15.1 Å². The minimum atomic E-state index is -4.28. The highest BCUT2D eigenvalue weighted by Crippen LogP contribution is 2.30. The summed E-state index contributed by atoms with van der Waals surface area (Å²) in [6.07, 6.45) is 0.201. The van der Waals surface area contributed by atoms with Gasteiger partial charge in [0.25, 0.3) is 10.0 Å². The zero-order chi connectivity index (χ0) is 32.7. The summed E-state index contributed by atoms with van der Waals surface area (Å²) in [5.41, 5.74) is 2.53.